The van der Waals surface area contributed by atoms with E-state index in [9.17, 15) is 9.59 Å². The molecule has 2 aromatic rings. The van der Waals surface area contributed by atoms with Crippen molar-refractivity contribution < 1.29 is 19.1 Å². The number of methoxy groups -OCH3 is 2. The number of benzene rings is 2. The number of likely N-dealkylation sites (N-methyl/N-ethyl adjacent to an activating group) is 1. The SMILES string of the molecule is COc1cc(C)c(CN(C)[C@H](C)C(=O)Nc2ccc(C(N)=O)cc2)cc1OC. The van der Waals surface area contributed by atoms with Gasteiger partial charge in [-0.2, -0.15) is 0 Å². The van der Waals surface area contributed by atoms with Crippen LogP contribution >= 0.6 is 0 Å². The van der Waals surface area contributed by atoms with Crippen molar-refractivity contribution >= 4 is 17.5 Å². The van der Waals surface area contributed by atoms with Gasteiger partial charge in [0.25, 0.3) is 0 Å². The molecule has 0 unspecified atom stereocenters. The summed E-state index contributed by atoms with van der Waals surface area (Å²) in [7, 11) is 5.09. The Balaban J connectivity index is 2.06. The predicted octanol–water partition coefficient (Wildman–Crippen LogP) is 2.57. The summed E-state index contributed by atoms with van der Waals surface area (Å²) < 4.78 is 10.7. The molecule has 0 saturated carbocycles. The van der Waals surface area contributed by atoms with Crippen molar-refractivity contribution in [2.24, 2.45) is 5.73 Å². The number of carbonyl (C=O) groups is 2. The lowest BCUT2D eigenvalue weighted by molar-refractivity contribution is -0.120. The third-order valence-electron chi connectivity index (χ3n) is 4.74. The molecular formula is C21H27N3O4. The van der Waals surface area contributed by atoms with Crippen LogP contribution in [0.1, 0.15) is 28.4 Å². The molecular weight excluding hydrogens is 358 g/mol. The van der Waals surface area contributed by atoms with Gasteiger partial charge < -0.3 is 20.5 Å². The summed E-state index contributed by atoms with van der Waals surface area (Å²) >= 11 is 0. The largest absolute Gasteiger partial charge is 0.493 e. The van der Waals surface area contributed by atoms with Crippen molar-refractivity contribution in [1.82, 2.24) is 4.90 Å². The summed E-state index contributed by atoms with van der Waals surface area (Å²) in [5, 5.41) is 2.85. The van der Waals surface area contributed by atoms with Crippen molar-refractivity contribution in [1.29, 1.82) is 0 Å². The fraction of sp³-hybridized carbons (Fsp3) is 0.333. The molecule has 0 radical (unpaired) electrons. The van der Waals surface area contributed by atoms with Crippen LogP contribution in [-0.4, -0.2) is 44.0 Å². The van der Waals surface area contributed by atoms with Crippen molar-refractivity contribution in [3.05, 3.63) is 53.1 Å². The van der Waals surface area contributed by atoms with Crippen LogP contribution in [-0.2, 0) is 11.3 Å². The second-order valence-electron chi connectivity index (χ2n) is 6.66. The molecule has 0 spiro atoms. The van der Waals surface area contributed by atoms with Gasteiger partial charge in [0.2, 0.25) is 11.8 Å². The first-order valence-corrected chi connectivity index (χ1v) is 8.89. The Labute approximate surface area is 165 Å². The van der Waals surface area contributed by atoms with Crippen molar-refractivity contribution in [3.63, 3.8) is 0 Å². The van der Waals surface area contributed by atoms with E-state index in [1.54, 1.807) is 38.5 Å². The Kier molecular flexibility index (Phi) is 7.00. The van der Waals surface area contributed by atoms with Gasteiger partial charge in [-0.25, -0.2) is 0 Å². The maximum Gasteiger partial charge on any atom is 0.248 e. The van der Waals surface area contributed by atoms with Gasteiger partial charge in [-0.3, -0.25) is 14.5 Å². The summed E-state index contributed by atoms with van der Waals surface area (Å²) in [6.45, 7) is 4.40. The van der Waals surface area contributed by atoms with Crippen LogP contribution in [0.25, 0.3) is 0 Å². The molecule has 2 amide bonds. The van der Waals surface area contributed by atoms with Crippen LogP contribution in [0.5, 0.6) is 11.5 Å². The number of ether oxygens (including phenoxy) is 2. The Bertz CT molecular complexity index is 849. The summed E-state index contributed by atoms with van der Waals surface area (Å²) in [5.41, 5.74) is 8.33. The van der Waals surface area contributed by atoms with Crippen LogP contribution in [0.4, 0.5) is 5.69 Å². The van der Waals surface area contributed by atoms with E-state index in [1.807, 2.05) is 37.9 Å². The molecule has 7 nitrogen and oxygen atoms in total. The van der Waals surface area contributed by atoms with E-state index in [0.717, 1.165) is 11.1 Å². The zero-order chi connectivity index (χ0) is 20.8. The minimum absolute atomic E-state index is 0.146. The van der Waals surface area contributed by atoms with Crippen molar-refractivity contribution in [3.8, 4) is 11.5 Å². The first-order chi connectivity index (χ1) is 13.3. The fourth-order valence-corrected chi connectivity index (χ4v) is 2.76. The van der Waals surface area contributed by atoms with Crippen LogP contribution in [0.15, 0.2) is 36.4 Å². The van der Waals surface area contributed by atoms with E-state index in [1.165, 1.54) is 0 Å². The Morgan fingerprint density at radius 1 is 1.11 bits per heavy atom. The van der Waals surface area contributed by atoms with E-state index in [-0.39, 0.29) is 11.9 Å². The normalized spacial score (nSPS) is 11.8. The van der Waals surface area contributed by atoms with Crippen LogP contribution < -0.4 is 20.5 Å². The van der Waals surface area contributed by atoms with Crippen LogP contribution in [0.2, 0.25) is 0 Å². The molecule has 0 aromatic heterocycles. The molecule has 0 aliphatic carbocycles. The summed E-state index contributed by atoms with van der Waals surface area (Å²) in [6.07, 6.45) is 0. The topological polar surface area (TPSA) is 93.9 Å². The maximum atomic E-state index is 12.6. The monoisotopic (exact) mass is 385 g/mol. The number of aryl methyl sites for hydroxylation is 1. The van der Waals surface area contributed by atoms with E-state index in [2.05, 4.69) is 5.32 Å². The number of hydrogen-bond donors (Lipinski definition) is 2. The van der Waals surface area contributed by atoms with Gasteiger partial charge in [0.15, 0.2) is 11.5 Å². The van der Waals surface area contributed by atoms with Gasteiger partial charge in [0.05, 0.1) is 20.3 Å². The molecule has 3 N–H and O–H groups in total. The second-order valence-corrected chi connectivity index (χ2v) is 6.66. The minimum atomic E-state index is -0.503. The number of anilines is 1. The Morgan fingerprint density at radius 2 is 1.68 bits per heavy atom. The molecule has 0 bridgehead atoms. The zero-order valence-electron chi connectivity index (χ0n) is 16.9. The Morgan fingerprint density at radius 3 is 2.21 bits per heavy atom. The summed E-state index contributed by atoms with van der Waals surface area (Å²) in [6, 6.07) is 9.96. The minimum Gasteiger partial charge on any atom is -0.493 e. The first kappa shape index (κ1) is 21.2. The number of nitrogens with two attached hydrogens (primary N) is 1. The van der Waals surface area contributed by atoms with E-state index < -0.39 is 5.91 Å². The highest BCUT2D eigenvalue weighted by Gasteiger charge is 2.20. The summed E-state index contributed by atoms with van der Waals surface area (Å²) in [5.74, 6) is 0.684. The van der Waals surface area contributed by atoms with Crippen molar-refractivity contribution in [2.45, 2.75) is 26.4 Å². The highest BCUT2D eigenvalue weighted by atomic mass is 16.5. The number of amides is 2. The number of primary amides is 1. The highest BCUT2D eigenvalue weighted by molar-refractivity contribution is 5.96. The number of nitrogens with zero attached hydrogens (tertiary/aromatic N) is 1. The molecule has 7 heteroatoms. The van der Waals surface area contributed by atoms with Crippen molar-refractivity contribution in [2.75, 3.05) is 26.6 Å². The quantitative estimate of drug-likeness (QED) is 0.728. The molecule has 2 aromatic carbocycles. The van der Waals surface area contributed by atoms with E-state index in [4.69, 9.17) is 15.2 Å². The van der Waals surface area contributed by atoms with Gasteiger partial charge in [-0.15, -0.1) is 0 Å². The van der Waals surface area contributed by atoms with Gasteiger partial charge in [0.1, 0.15) is 0 Å². The van der Waals surface area contributed by atoms with Crippen LogP contribution in [0, 0.1) is 6.92 Å². The smallest absolute Gasteiger partial charge is 0.248 e. The molecule has 0 fully saturated rings. The van der Waals surface area contributed by atoms with E-state index >= 15 is 0 Å². The van der Waals surface area contributed by atoms with Gasteiger partial charge in [-0.1, -0.05) is 0 Å². The van der Waals surface area contributed by atoms with Gasteiger partial charge in [0, 0.05) is 17.8 Å². The molecule has 0 aliphatic heterocycles. The molecule has 1 atom stereocenters. The fourth-order valence-electron chi connectivity index (χ4n) is 2.76. The number of carbonyl (C=O) groups excluding carboxylic acids is 2. The lowest BCUT2D eigenvalue weighted by Crippen LogP contribution is -2.39. The second kappa shape index (κ2) is 9.23. The number of hydrogen-bond acceptors (Lipinski definition) is 5. The predicted molar refractivity (Wildman–Crippen MR) is 109 cm³/mol. The highest BCUT2D eigenvalue weighted by Crippen LogP contribution is 2.30. The molecule has 150 valence electrons. The Hall–Kier alpha value is -3.06. The van der Waals surface area contributed by atoms with E-state index in [0.29, 0.717) is 29.3 Å². The first-order valence-electron chi connectivity index (χ1n) is 8.89. The molecule has 0 aliphatic rings. The van der Waals surface area contributed by atoms with Gasteiger partial charge in [-0.05, 0) is 68.4 Å². The van der Waals surface area contributed by atoms with Crippen LogP contribution in [0.3, 0.4) is 0 Å². The third-order valence-corrected chi connectivity index (χ3v) is 4.74. The molecule has 28 heavy (non-hydrogen) atoms. The molecule has 0 heterocycles. The lowest BCUT2D eigenvalue weighted by Gasteiger charge is -2.25. The maximum absolute atomic E-state index is 12.6. The summed E-state index contributed by atoms with van der Waals surface area (Å²) in [4.78, 5) is 25.7. The molecule has 2 rings (SSSR count). The number of nitrogens with one attached hydrogen (secondary N) is 1. The standard InChI is InChI=1S/C21H27N3O4/c1-13-10-18(27-4)19(28-5)11-16(13)12-24(3)14(2)21(26)23-17-8-6-15(7-9-17)20(22)25/h6-11,14H,12H2,1-5H3,(H2,22,25)(H,23,26)/t14-/m1/s1. The average Bonchev–Trinajstić information content (AvgIpc) is 2.68. The van der Waals surface area contributed by atoms with Gasteiger partial charge >= 0.3 is 0 Å². The number of rotatable bonds is 8. The zero-order valence-corrected chi connectivity index (χ0v) is 16.9. The lowest BCUT2D eigenvalue weighted by atomic mass is 10.1. The molecule has 0 saturated heterocycles. The third kappa shape index (κ3) is 5.01. The average molecular weight is 385 g/mol.